The summed E-state index contributed by atoms with van der Waals surface area (Å²) in [6.45, 7) is 0.962. The van der Waals surface area contributed by atoms with E-state index in [2.05, 4.69) is 14.7 Å². The van der Waals surface area contributed by atoms with Gasteiger partial charge in [0.1, 0.15) is 11.9 Å². The Hall–Kier alpha value is -3.37. The maximum absolute atomic E-state index is 13.0. The number of hydrogen-bond acceptors (Lipinski definition) is 6. The van der Waals surface area contributed by atoms with Crippen molar-refractivity contribution in [3.05, 3.63) is 47.9 Å². The van der Waals surface area contributed by atoms with Crippen LogP contribution in [-0.2, 0) is 4.79 Å². The molecule has 1 aromatic carbocycles. The first kappa shape index (κ1) is 22.4. The van der Waals surface area contributed by atoms with Gasteiger partial charge in [-0.05, 0) is 37.1 Å². The Labute approximate surface area is 193 Å². The number of carbonyl (C=O) groups is 2. The van der Waals surface area contributed by atoms with E-state index in [-0.39, 0.29) is 42.5 Å². The van der Waals surface area contributed by atoms with Gasteiger partial charge in [0.15, 0.2) is 0 Å². The molecule has 2 aromatic rings. The maximum atomic E-state index is 13.0. The Morgan fingerprint density at radius 3 is 2.47 bits per heavy atom. The van der Waals surface area contributed by atoms with Crippen molar-refractivity contribution in [1.82, 2.24) is 19.8 Å². The van der Waals surface area contributed by atoms with Gasteiger partial charge in [-0.2, -0.15) is 0 Å². The van der Waals surface area contributed by atoms with Crippen molar-refractivity contribution in [2.24, 2.45) is 0 Å². The van der Waals surface area contributed by atoms with E-state index < -0.39 is 12.1 Å². The van der Waals surface area contributed by atoms with Crippen LogP contribution in [-0.4, -0.2) is 69.7 Å². The highest BCUT2D eigenvalue weighted by molar-refractivity contribution is 5.95. The molecule has 0 N–H and O–H groups in total. The maximum Gasteiger partial charge on any atom is 0.573 e. The molecule has 5 rings (SSSR count). The number of carbonyl (C=O) groups excluding carboxylic acids is 2. The molecule has 34 heavy (non-hydrogen) atoms. The summed E-state index contributed by atoms with van der Waals surface area (Å²) < 4.78 is 46.9. The second-order valence-electron chi connectivity index (χ2n) is 8.80. The van der Waals surface area contributed by atoms with E-state index in [1.807, 2.05) is 0 Å². The number of alkyl halides is 3. The number of amides is 2. The fourth-order valence-corrected chi connectivity index (χ4v) is 4.47. The Kier molecular flexibility index (Phi) is 5.78. The minimum atomic E-state index is -4.80. The molecule has 1 aliphatic carbocycles. The van der Waals surface area contributed by atoms with Gasteiger partial charge in [-0.3, -0.25) is 14.6 Å². The number of fused-ring (bicyclic) bond motifs is 1. The third-order valence-electron chi connectivity index (χ3n) is 6.28. The SMILES string of the molecule is O=C(c1ccc(OC(F)(F)F)cc1)N1CCC(=O)N2CC(Oc3cnc(C4CC4)cn3)CC2C1. The van der Waals surface area contributed by atoms with E-state index in [1.165, 1.54) is 12.1 Å². The van der Waals surface area contributed by atoms with Crippen molar-refractivity contribution in [2.75, 3.05) is 19.6 Å². The predicted molar refractivity (Wildman–Crippen MR) is 112 cm³/mol. The molecule has 0 spiro atoms. The number of benzene rings is 1. The molecule has 3 fully saturated rings. The highest BCUT2D eigenvalue weighted by Crippen LogP contribution is 2.38. The van der Waals surface area contributed by atoms with Crippen LogP contribution in [0.4, 0.5) is 13.2 Å². The van der Waals surface area contributed by atoms with E-state index in [4.69, 9.17) is 4.74 Å². The molecule has 11 heteroatoms. The van der Waals surface area contributed by atoms with Gasteiger partial charge in [0.2, 0.25) is 11.8 Å². The molecular formula is C23H23F3N4O4. The largest absolute Gasteiger partial charge is 0.573 e. The number of hydrogen-bond donors (Lipinski definition) is 0. The lowest BCUT2D eigenvalue weighted by atomic mass is 10.1. The summed E-state index contributed by atoms with van der Waals surface area (Å²) >= 11 is 0. The van der Waals surface area contributed by atoms with Crippen LogP contribution in [0.3, 0.4) is 0 Å². The summed E-state index contributed by atoms with van der Waals surface area (Å²) in [6, 6.07) is 4.57. The molecule has 1 aromatic heterocycles. The van der Waals surface area contributed by atoms with Crippen molar-refractivity contribution in [1.29, 1.82) is 0 Å². The summed E-state index contributed by atoms with van der Waals surface area (Å²) in [7, 11) is 0. The molecule has 2 amide bonds. The van der Waals surface area contributed by atoms with Crippen molar-refractivity contribution < 1.29 is 32.2 Å². The molecule has 3 aliphatic rings. The van der Waals surface area contributed by atoms with E-state index in [0.717, 1.165) is 30.7 Å². The van der Waals surface area contributed by atoms with E-state index in [1.54, 1.807) is 22.2 Å². The van der Waals surface area contributed by atoms with Crippen LogP contribution in [0.5, 0.6) is 11.6 Å². The van der Waals surface area contributed by atoms with Crippen LogP contribution < -0.4 is 9.47 Å². The zero-order valence-corrected chi connectivity index (χ0v) is 18.2. The Balaban J connectivity index is 1.22. The Morgan fingerprint density at radius 1 is 1.06 bits per heavy atom. The van der Waals surface area contributed by atoms with Gasteiger partial charge in [-0.25, -0.2) is 4.98 Å². The number of halogens is 3. The number of rotatable bonds is 5. The molecule has 2 unspecified atom stereocenters. The van der Waals surface area contributed by atoms with Crippen LogP contribution in [0.2, 0.25) is 0 Å². The molecule has 2 atom stereocenters. The molecule has 2 saturated heterocycles. The van der Waals surface area contributed by atoms with Crippen LogP contribution >= 0.6 is 0 Å². The average Bonchev–Trinajstić information content (AvgIpc) is 3.59. The Morgan fingerprint density at radius 2 is 1.82 bits per heavy atom. The van der Waals surface area contributed by atoms with Gasteiger partial charge in [0, 0.05) is 37.4 Å². The lowest BCUT2D eigenvalue weighted by molar-refractivity contribution is -0.274. The first-order chi connectivity index (χ1) is 16.2. The van der Waals surface area contributed by atoms with Crippen molar-refractivity contribution in [3.8, 4) is 11.6 Å². The fraction of sp³-hybridized carbons (Fsp3) is 0.478. The summed E-state index contributed by atoms with van der Waals surface area (Å²) in [6.07, 6.45) is 1.27. The average molecular weight is 476 g/mol. The van der Waals surface area contributed by atoms with Crippen LogP contribution in [0.1, 0.15) is 47.7 Å². The number of ether oxygens (including phenoxy) is 2. The molecule has 3 heterocycles. The highest BCUT2D eigenvalue weighted by atomic mass is 19.4. The second-order valence-corrected chi connectivity index (χ2v) is 8.80. The zero-order valence-electron chi connectivity index (χ0n) is 18.2. The number of aromatic nitrogens is 2. The van der Waals surface area contributed by atoms with Crippen molar-refractivity contribution in [3.63, 3.8) is 0 Å². The lowest BCUT2D eigenvalue weighted by Crippen LogP contribution is -2.40. The third kappa shape index (κ3) is 5.07. The molecule has 2 aliphatic heterocycles. The monoisotopic (exact) mass is 476 g/mol. The normalized spacial score (nSPS) is 22.9. The Bertz CT molecular complexity index is 1060. The third-order valence-corrected chi connectivity index (χ3v) is 6.28. The van der Waals surface area contributed by atoms with Crippen LogP contribution in [0, 0.1) is 0 Å². The predicted octanol–water partition coefficient (Wildman–Crippen LogP) is 3.15. The van der Waals surface area contributed by atoms with E-state index >= 15 is 0 Å². The van der Waals surface area contributed by atoms with Gasteiger partial charge in [0.05, 0.1) is 30.7 Å². The van der Waals surface area contributed by atoms with Crippen molar-refractivity contribution >= 4 is 11.8 Å². The first-order valence-corrected chi connectivity index (χ1v) is 11.2. The quantitative estimate of drug-likeness (QED) is 0.659. The summed E-state index contributed by atoms with van der Waals surface area (Å²) in [4.78, 5) is 37.7. The summed E-state index contributed by atoms with van der Waals surface area (Å²) in [5.74, 6) is 0.105. The fourth-order valence-electron chi connectivity index (χ4n) is 4.47. The lowest BCUT2D eigenvalue weighted by Gasteiger charge is -2.25. The smallest absolute Gasteiger partial charge is 0.471 e. The summed E-state index contributed by atoms with van der Waals surface area (Å²) in [5.41, 5.74) is 1.20. The molecular weight excluding hydrogens is 453 g/mol. The minimum Gasteiger partial charge on any atom is -0.471 e. The molecule has 180 valence electrons. The van der Waals surface area contributed by atoms with Gasteiger partial charge in [-0.15, -0.1) is 13.2 Å². The van der Waals surface area contributed by atoms with Gasteiger partial charge < -0.3 is 19.3 Å². The molecule has 1 saturated carbocycles. The zero-order chi connectivity index (χ0) is 23.9. The second kappa shape index (κ2) is 8.77. The molecule has 8 nitrogen and oxygen atoms in total. The summed E-state index contributed by atoms with van der Waals surface area (Å²) in [5, 5.41) is 0. The first-order valence-electron chi connectivity index (χ1n) is 11.2. The molecule has 0 radical (unpaired) electrons. The van der Waals surface area contributed by atoms with Gasteiger partial charge >= 0.3 is 6.36 Å². The van der Waals surface area contributed by atoms with Crippen molar-refractivity contribution in [2.45, 2.75) is 50.1 Å². The number of nitrogens with zero attached hydrogens (tertiary/aromatic N) is 4. The van der Waals surface area contributed by atoms with Crippen LogP contribution in [0.15, 0.2) is 36.7 Å². The highest BCUT2D eigenvalue weighted by Gasteiger charge is 2.40. The van der Waals surface area contributed by atoms with Gasteiger partial charge in [0.25, 0.3) is 5.91 Å². The minimum absolute atomic E-state index is 0.0597. The van der Waals surface area contributed by atoms with E-state index in [9.17, 15) is 22.8 Å². The van der Waals surface area contributed by atoms with Gasteiger partial charge in [-0.1, -0.05) is 0 Å². The topological polar surface area (TPSA) is 84.9 Å². The molecule has 0 bridgehead atoms. The standard InChI is InChI=1S/C23H23F3N4O4/c24-23(25,26)34-17-5-3-15(4-6-17)22(32)29-8-7-21(31)30-13-18(9-16(30)12-29)33-20-11-27-19(10-28-20)14-1-2-14/h3-6,10-11,14,16,18H,1-2,7-9,12-13H2. The van der Waals surface area contributed by atoms with E-state index in [0.29, 0.717) is 31.3 Å². The van der Waals surface area contributed by atoms with Crippen LogP contribution in [0.25, 0.3) is 0 Å².